The highest BCUT2D eigenvalue weighted by Crippen LogP contribution is 1.90. The van der Waals surface area contributed by atoms with Crippen molar-refractivity contribution in [3.05, 3.63) is 11.8 Å². The molecule has 0 aromatic rings. The van der Waals surface area contributed by atoms with Gasteiger partial charge >= 0.3 is 0 Å². The van der Waals surface area contributed by atoms with Crippen molar-refractivity contribution in [3.8, 4) is 0 Å². The Morgan fingerprint density at radius 3 is 2.25 bits per heavy atom. The maximum atomic E-state index is 6.96. The molecule has 0 fully saturated rings. The van der Waals surface area contributed by atoms with Gasteiger partial charge in [-0.25, -0.2) is 0 Å². The van der Waals surface area contributed by atoms with Crippen LogP contribution in [0.5, 0.6) is 0 Å². The molecule has 0 aliphatic carbocycles. The van der Waals surface area contributed by atoms with Crippen molar-refractivity contribution >= 4 is 12.4 Å². The molecule has 0 rings (SSSR count). The Balaban J connectivity index is 3.94. The Kier molecular flexibility index (Phi) is 2.77. The molecule has 0 atom stereocenters. The lowest BCUT2D eigenvalue weighted by atomic mass is 10.3. The second-order valence-corrected chi connectivity index (χ2v) is 1.63. The van der Waals surface area contributed by atoms with Crippen molar-refractivity contribution in [1.29, 1.82) is 5.41 Å². The fourth-order valence-corrected chi connectivity index (χ4v) is 0.359. The van der Waals surface area contributed by atoms with E-state index in [1.165, 1.54) is 0 Å². The Hall–Kier alpha value is -0.920. The Morgan fingerprint density at radius 2 is 2.12 bits per heavy atom. The molecule has 0 aliphatic rings. The number of hydrogen-bond donors (Lipinski definition) is 1. The topological polar surface area (TPSA) is 36.2 Å². The van der Waals surface area contributed by atoms with Crippen molar-refractivity contribution in [2.24, 2.45) is 4.99 Å². The summed E-state index contributed by atoms with van der Waals surface area (Å²) in [7, 11) is 0. The standard InChI is InChI=1S/C6H10N2/c1-5(7)4-6(2)8-3/h4,7H,3H2,1-2H3/b6-4-,7-5?. The molecule has 0 heterocycles. The van der Waals surface area contributed by atoms with Crippen molar-refractivity contribution in [1.82, 2.24) is 0 Å². The average Bonchev–Trinajstić information content (AvgIpc) is 1.65. The van der Waals surface area contributed by atoms with E-state index in [1.807, 2.05) is 6.92 Å². The largest absolute Gasteiger partial charge is 0.306 e. The maximum absolute atomic E-state index is 6.96. The van der Waals surface area contributed by atoms with Crippen LogP contribution in [-0.2, 0) is 0 Å². The van der Waals surface area contributed by atoms with Gasteiger partial charge in [0.05, 0.1) is 0 Å². The number of nitrogens with one attached hydrogen (secondary N) is 1. The van der Waals surface area contributed by atoms with Crippen molar-refractivity contribution < 1.29 is 0 Å². The van der Waals surface area contributed by atoms with Crippen LogP contribution in [0, 0.1) is 5.41 Å². The number of rotatable bonds is 2. The van der Waals surface area contributed by atoms with Crippen LogP contribution in [0.25, 0.3) is 0 Å². The molecule has 0 aliphatic heterocycles. The summed E-state index contributed by atoms with van der Waals surface area (Å²) in [6.45, 7) is 6.81. The first-order valence-electron chi connectivity index (χ1n) is 2.37. The van der Waals surface area contributed by atoms with Gasteiger partial charge in [-0.3, -0.25) is 4.99 Å². The molecule has 0 amide bonds. The third kappa shape index (κ3) is 3.28. The molecule has 0 spiro atoms. The van der Waals surface area contributed by atoms with Crippen molar-refractivity contribution in [3.63, 3.8) is 0 Å². The second-order valence-electron chi connectivity index (χ2n) is 1.63. The van der Waals surface area contributed by atoms with E-state index in [1.54, 1.807) is 13.0 Å². The van der Waals surface area contributed by atoms with Crippen LogP contribution >= 0.6 is 0 Å². The van der Waals surface area contributed by atoms with Gasteiger partial charge in [0.15, 0.2) is 0 Å². The molecular weight excluding hydrogens is 100 g/mol. The molecule has 0 saturated heterocycles. The fraction of sp³-hybridized carbons (Fsp3) is 0.333. The van der Waals surface area contributed by atoms with E-state index >= 15 is 0 Å². The van der Waals surface area contributed by atoms with Gasteiger partial charge in [0.25, 0.3) is 0 Å². The van der Waals surface area contributed by atoms with E-state index in [0.29, 0.717) is 5.71 Å². The zero-order chi connectivity index (χ0) is 6.57. The van der Waals surface area contributed by atoms with Crippen LogP contribution in [-0.4, -0.2) is 12.4 Å². The predicted octanol–water partition coefficient (Wildman–Crippen LogP) is 1.63. The summed E-state index contributed by atoms with van der Waals surface area (Å²) in [4.78, 5) is 3.60. The lowest BCUT2D eigenvalue weighted by molar-refractivity contribution is 1.32. The first-order valence-corrected chi connectivity index (χ1v) is 2.37. The first-order chi connectivity index (χ1) is 3.66. The molecule has 0 saturated carbocycles. The highest BCUT2D eigenvalue weighted by molar-refractivity contribution is 5.90. The normalized spacial score (nSPS) is 11.0. The van der Waals surface area contributed by atoms with Crippen molar-refractivity contribution in [2.75, 3.05) is 0 Å². The smallest absolute Gasteiger partial charge is 0.0383 e. The quantitative estimate of drug-likeness (QED) is 0.524. The molecule has 0 radical (unpaired) electrons. The summed E-state index contributed by atoms with van der Waals surface area (Å²) in [5, 5.41) is 6.96. The van der Waals surface area contributed by atoms with Crippen LogP contribution in [0.4, 0.5) is 0 Å². The van der Waals surface area contributed by atoms with Gasteiger partial charge in [0, 0.05) is 11.4 Å². The Labute approximate surface area is 49.5 Å². The number of aliphatic imine (C=N–C) groups is 1. The third-order valence-corrected chi connectivity index (χ3v) is 0.675. The summed E-state index contributed by atoms with van der Waals surface area (Å²) in [6.07, 6.45) is 1.66. The SMILES string of the molecule is C=N/C(C)=C\C(C)=N. The zero-order valence-corrected chi connectivity index (χ0v) is 5.23. The minimum Gasteiger partial charge on any atom is -0.306 e. The first kappa shape index (κ1) is 7.08. The molecule has 2 heteroatoms. The van der Waals surface area contributed by atoms with E-state index in [4.69, 9.17) is 5.41 Å². The molecular formula is C6H10N2. The fourth-order valence-electron chi connectivity index (χ4n) is 0.359. The monoisotopic (exact) mass is 110 g/mol. The molecule has 44 valence electrons. The zero-order valence-electron chi connectivity index (χ0n) is 5.23. The lowest BCUT2D eigenvalue weighted by Gasteiger charge is -1.85. The van der Waals surface area contributed by atoms with Crippen LogP contribution < -0.4 is 0 Å². The molecule has 0 aromatic heterocycles. The lowest BCUT2D eigenvalue weighted by Crippen LogP contribution is -1.80. The summed E-state index contributed by atoms with van der Waals surface area (Å²) in [5.41, 5.74) is 1.30. The molecule has 2 nitrogen and oxygen atoms in total. The van der Waals surface area contributed by atoms with E-state index in [2.05, 4.69) is 11.7 Å². The van der Waals surface area contributed by atoms with Gasteiger partial charge in [-0.2, -0.15) is 0 Å². The third-order valence-electron chi connectivity index (χ3n) is 0.675. The number of nitrogens with zero attached hydrogens (tertiary/aromatic N) is 1. The predicted molar refractivity (Wildman–Crippen MR) is 36.7 cm³/mol. The van der Waals surface area contributed by atoms with Crippen LogP contribution in [0.15, 0.2) is 16.8 Å². The van der Waals surface area contributed by atoms with Gasteiger partial charge < -0.3 is 5.41 Å². The van der Waals surface area contributed by atoms with Crippen molar-refractivity contribution in [2.45, 2.75) is 13.8 Å². The van der Waals surface area contributed by atoms with Crippen LogP contribution in [0.1, 0.15) is 13.8 Å². The van der Waals surface area contributed by atoms with Crippen LogP contribution in [0.2, 0.25) is 0 Å². The number of allylic oxidation sites excluding steroid dienone is 2. The molecule has 0 unspecified atom stereocenters. The van der Waals surface area contributed by atoms with E-state index in [-0.39, 0.29) is 0 Å². The molecule has 8 heavy (non-hydrogen) atoms. The Bertz CT molecular complexity index is 133. The summed E-state index contributed by atoms with van der Waals surface area (Å²) < 4.78 is 0. The van der Waals surface area contributed by atoms with Gasteiger partial charge in [-0.05, 0) is 26.6 Å². The second kappa shape index (κ2) is 3.13. The Morgan fingerprint density at radius 1 is 1.62 bits per heavy atom. The van der Waals surface area contributed by atoms with Gasteiger partial charge in [0.1, 0.15) is 0 Å². The minimum atomic E-state index is 0.509. The van der Waals surface area contributed by atoms with Gasteiger partial charge in [-0.15, -0.1) is 0 Å². The molecule has 0 aromatic carbocycles. The van der Waals surface area contributed by atoms with Gasteiger partial charge in [0.2, 0.25) is 0 Å². The summed E-state index contributed by atoms with van der Waals surface area (Å²) >= 11 is 0. The van der Waals surface area contributed by atoms with E-state index in [0.717, 1.165) is 5.70 Å². The van der Waals surface area contributed by atoms with E-state index < -0.39 is 0 Å². The minimum absolute atomic E-state index is 0.509. The molecule has 1 N–H and O–H groups in total. The summed E-state index contributed by atoms with van der Waals surface area (Å²) in [5.74, 6) is 0. The highest BCUT2D eigenvalue weighted by atomic mass is 14.7. The maximum Gasteiger partial charge on any atom is 0.0383 e. The number of hydrogen-bond acceptors (Lipinski definition) is 2. The highest BCUT2D eigenvalue weighted by Gasteiger charge is 1.79. The molecule has 0 bridgehead atoms. The van der Waals surface area contributed by atoms with E-state index in [9.17, 15) is 0 Å². The summed E-state index contributed by atoms with van der Waals surface area (Å²) in [6, 6.07) is 0. The van der Waals surface area contributed by atoms with Crippen LogP contribution in [0.3, 0.4) is 0 Å². The average molecular weight is 110 g/mol. The van der Waals surface area contributed by atoms with Gasteiger partial charge in [-0.1, -0.05) is 0 Å².